The monoisotopic (exact) mass is 270 g/mol. The van der Waals surface area contributed by atoms with E-state index in [-0.39, 0.29) is 18.8 Å². The fraction of sp³-hybridized carbons (Fsp3) is 0.462. The van der Waals surface area contributed by atoms with E-state index < -0.39 is 11.7 Å². The number of carbonyl (C=O) groups is 1. The Kier molecular flexibility index (Phi) is 6.84. The Bertz CT molecular complexity index is 413. The largest absolute Gasteiger partial charge is 0.490 e. The van der Waals surface area contributed by atoms with Crippen LogP contribution in [-0.4, -0.2) is 32.8 Å². The highest BCUT2D eigenvalue weighted by atomic mass is 19.1. The highest BCUT2D eigenvalue weighted by Gasteiger charge is 2.10. The number of benzene rings is 1. The zero-order valence-corrected chi connectivity index (χ0v) is 10.9. The summed E-state index contributed by atoms with van der Waals surface area (Å²) in [5.41, 5.74) is 5.70. The Hall–Kier alpha value is -1.66. The van der Waals surface area contributed by atoms with Gasteiger partial charge in [-0.25, -0.2) is 4.39 Å². The maximum absolute atomic E-state index is 13.7. The third-order valence-electron chi connectivity index (χ3n) is 2.44. The van der Waals surface area contributed by atoms with Gasteiger partial charge in [-0.1, -0.05) is 12.1 Å². The summed E-state index contributed by atoms with van der Waals surface area (Å²) < 4.78 is 23.9. The first-order chi connectivity index (χ1) is 9.15. The molecule has 0 radical (unpaired) electrons. The molecule has 0 fully saturated rings. The van der Waals surface area contributed by atoms with E-state index in [9.17, 15) is 9.18 Å². The highest BCUT2D eigenvalue weighted by Crippen LogP contribution is 2.22. The standard InChI is InChI=1S/C13H19FN2O3/c1-18-8-6-16-9-10-3-2-4-11(14)13(10)19-7-5-12(15)17/h2-4,16H,5-9H2,1H3,(H2,15,17). The maximum Gasteiger partial charge on any atom is 0.220 e. The minimum atomic E-state index is -0.476. The van der Waals surface area contributed by atoms with E-state index in [1.165, 1.54) is 6.07 Å². The molecule has 0 bridgehead atoms. The molecule has 5 nitrogen and oxygen atoms in total. The van der Waals surface area contributed by atoms with Crippen LogP contribution in [0.5, 0.6) is 5.75 Å². The lowest BCUT2D eigenvalue weighted by Gasteiger charge is -2.12. The van der Waals surface area contributed by atoms with Gasteiger partial charge in [0.05, 0.1) is 19.6 Å². The number of methoxy groups -OCH3 is 1. The normalized spacial score (nSPS) is 10.4. The van der Waals surface area contributed by atoms with Crippen molar-refractivity contribution in [1.82, 2.24) is 5.32 Å². The van der Waals surface area contributed by atoms with Gasteiger partial charge in [0, 0.05) is 25.8 Å². The van der Waals surface area contributed by atoms with Crippen LogP contribution >= 0.6 is 0 Å². The van der Waals surface area contributed by atoms with Gasteiger partial charge < -0.3 is 20.5 Å². The van der Waals surface area contributed by atoms with E-state index in [0.29, 0.717) is 25.3 Å². The number of nitrogens with two attached hydrogens (primary N) is 1. The second-order valence-electron chi connectivity index (χ2n) is 3.96. The van der Waals surface area contributed by atoms with Gasteiger partial charge in [-0.15, -0.1) is 0 Å². The molecule has 1 rings (SSSR count). The van der Waals surface area contributed by atoms with Crippen molar-refractivity contribution in [3.63, 3.8) is 0 Å². The van der Waals surface area contributed by atoms with Gasteiger partial charge in [0.25, 0.3) is 0 Å². The number of amides is 1. The van der Waals surface area contributed by atoms with E-state index >= 15 is 0 Å². The summed E-state index contributed by atoms with van der Waals surface area (Å²) in [6, 6.07) is 4.70. The Labute approximate surface area is 111 Å². The Balaban J connectivity index is 2.58. The molecular formula is C13H19FN2O3. The molecule has 106 valence electrons. The summed E-state index contributed by atoms with van der Waals surface area (Å²) in [4.78, 5) is 10.6. The molecule has 0 aliphatic rings. The average molecular weight is 270 g/mol. The van der Waals surface area contributed by atoms with Gasteiger partial charge in [0.15, 0.2) is 11.6 Å². The molecule has 0 saturated carbocycles. The Morgan fingerprint density at radius 2 is 2.21 bits per heavy atom. The van der Waals surface area contributed by atoms with Crippen LogP contribution in [0, 0.1) is 5.82 Å². The number of halogens is 1. The summed E-state index contributed by atoms with van der Waals surface area (Å²) in [5, 5.41) is 3.11. The summed E-state index contributed by atoms with van der Waals surface area (Å²) in [6.45, 7) is 1.77. The van der Waals surface area contributed by atoms with Crippen LogP contribution in [0.1, 0.15) is 12.0 Å². The summed E-state index contributed by atoms with van der Waals surface area (Å²) in [5.74, 6) is -0.764. The summed E-state index contributed by atoms with van der Waals surface area (Å²) in [6.07, 6.45) is 0.0604. The van der Waals surface area contributed by atoms with E-state index in [1.807, 2.05) is 0 Å². The lowest BCUT2D eigenvalue weighted by Crippen LogP contribution is -2.20. The fourth-order valence-electron chi connectivity index (χ4n) is 1.51. The van der Waals surface area contributed by atoms with E-state index in [2.05, 4.69) is 5.32 Å². The molecule has 19 heavy (non-hydrogen) atoms. The zero-order valence-electron chi connectivity index (χ0n) is 10.9. The lowest BCUT2D eigenvalue weighted by molar-refractivity contribution is -0.118. The quantitative estimate of drug-likeness (QED) is 0.651. The van der Waals surface area contributed by atoms with Gasteiger partial charge in [-0.3, -0.25) is 4.79 Å². The van der Waals surface area contributed by atoms with E-state index in [4.69, 9.17) is 15.2 Å². The number of rotatable bonds is 9. The first-order valence-electron chi connectivity index (χ1n) is 6.03. The smallest absolute Gasteiger partial charge is 0.220 e. The van der Waals surface area contributed by atoms with Crippen LogP contribution in [0.25, 0.3) is 0 Å². The number of hydrogen-bond donors (Lipinski definition) is 2. The predicted octanol–water partition coefficient (Wildman–Crippen LogP) is 0.816. The van der Waals surface area contributed by atoms with Crippen molar-refractivity contribution < 1.29 is 18.7 Å². The molecule has 6 heteroatoms. The molecule has 0 aromatic heterocycles. The zero-order chi connectivity index (χ0) is 14.1. The Morgan fingerprint density at radius 3 is 2.89 bits per heavy atom. The lowest BCUT2D eigenvalue weighted by atomic mass is 10.2. The van der Waals surface area contributed by atoms with Crippen molar-refractivity contribution in [2.45, 2.75) is 13.0 Å². The van der Waals surface area contributed by atoms with E-state index in [0.717, 1.165) is 0 Å². The molecule has 1 aromatic rings. The van der Waals surface area contributed by atoms with Crippen LogP contribution in [0.15, 0.2) is 18.2 Å². The maximum atomic E-state index is 13.7. The van der Waals surface area contributed by atoms with Crippen LogP contribution in [0.2, 0.25) is 0 Å². The van der Waals surface area contributed by atoms with Crippen LogP contribution in [0.4, 0.5) is 4.39 Å². The third kappa shape index (κ3) is 5.67. The second kappa shape index (κ2) is 8.44. The highest BCUT2D eigenvalue weighted by molar-refractivity contribution is 5.73. The molecule has 1 amide bonds. The fourth-order valence-corrected chi connectivity index (χ4v) is 1.51. The van der Waals surface area contributed by atoms with Gasteiger partial charge in [0.1, 0.15) is 0 Å². The van der Waals surface area contributed by atoms with Gasteiger partial charge in [-0.05, 0) is 6.07 Å². The van der Waals surface area contributed by atoms with Gasteiger partial charge in [-0.2, -0.15) is 0 Å². The predicted molar refractivity (Wildman–Crippen MR) is 69.3 cm³/mol. The van der Waals surface area contributed by atoms with Crippen molar-refractivity contribution in [3.8, 4) is 5.75 Å². The molecule has 0 unspecified atom stereocenters. The average Bonchev–Trinajstić information content (AvgIpc) is 2.37. The topological polar surface area (TPSA) is 73.6 Å². The first kappa shape index (κ1) is 15.4. The number of primary amides is 1. The van der Waals surface area contributed by atoms with Crippen molar-refractivity contribution in [3.05, 3.63) is 29.6 Å². The molecule has 0 saturated heterocycles. The van der Waals surface area contributed by atoms with Crippen LogP contribution in [-0.2, 0) is 16.1 Å². The van der Waals surface area contributed by atoms with Crippen molar-refractivity contribution in [2.75, 3.05) is 26.9 Å². The summed E-state index contributed by atoms with van der Waals surface area (Å²) in [7, 11) is 1.61. The van der Waals surface area contributed by atoms with Crippen molar-refractivity contribution in [2.24, 2.45) is 5.73 Å². The van der Waals surface area contributed by atoms with Crippen LogP contribution < -0.4 is 15.8 Å². The van der Waals surface area contributed by atoms with Crippen molar-refractivity contribution in [1.29, 1.82) is 0 Å². The molecule has 3 N–H and O–H groups in total. The molecule has 0 heterocycles. The first-order valence-corrected chi connectivity index (χ1v) is 6.03. The number of para-hydroxylation sites is 1. The molecule has 1 aromatic carbocycles. The van der Waals surface area contributed by atoms with Gasteiger partial charge in [0.2, 0.25) is 5.91 Å². The minimum Gasteiger partial charge on any atom is -0.490 e. The summed E-state index contributed by atoms with van der Waals surface area (Å²) >= 11 is 0. The second-order valence-corrected chi connectivity index (χ2v) is 3.96. The molecule has 0 atom stereocenters. The number of hydrogen-bond acceptors (Lipinski definition) is 4. The molecule has 0 aliphatic carbocycles. The molecule has 0 spiro atoms. The van der Waals surface area contributed by atoms with Gasteiger partial charge >= 0.3 is 0 Å². The number of carbonyl (C=O) groups excluding carboxylic acids is 1. The number of nitrogens with one attached hydrogen (secondary N) is 1. The van der Waals surface area contributed by atoms with Crippen molar-refractivity contribution >= 4 is 5.91 Å². The third-order valence-corrected chi connectivity index (χ3v) is 2.44. The van der Waals surface area contributed by atoms with E-state index in [1.54, 1.807) is 19.2 Å². The Morgan fingerprint density at radius 1 is 1.42 bits per heavy atom. The minimum absolute atomic E-state index is 0.0604. The molecular weight excluding hydrogens is 251 g/mol. The number of ether oxygens (including phenoxy) is 2. The molecule has 0 aliphatic heterocycles. The SMILES string of the molecule is COCCNCc1cccc(F)c1OCCC(N)=O. The van der Waals surface area contributed by atoms with Crippen LogP contribution in [0.3, 0.4) is 0 Å².